The predicted molar refractivity (Wildman–Crippen MR) is 78.4 cm³/mol. The van der Waals surface area contributed by atoms with Crippen LogP contribution in [0.25, 0.3) is 0 Å². The smallest absolute Gasteiger partial charge is 0.0407 e. The molecular weight excluding hydrogens is 296 g/mol. The second-order valence-electron chi connectivity index (χ2n) is 4.74. The summed E-state index contributed by atoms with van der Waals surface area (Å²) >= 11 is 5.46. The highest BCUT2D eigenvalue weighted by atomic mass is 79.9. The zero-order valence-electron chi connectivity index (χ0n) is 10.4. The van der Waals surface area contributed by atoms with Crippen molar-refractivity contribution >= 4 is 27.3 Å². The standard InChI is InChI=1S/C13H21BrN2S/c1-2-16-6-4-3-5-10(7-15)13(16)11-8-17-9-12(11)14/h8-10,13H,2-7,15H2,1H3. The fourth-order valence-corrected chi connectivity index (χ4v) is 4.43. The van der Waals surface area contributed by atoms with Crippen molar-refractivity contribution in [2.45, 2.75) is 32.2 Å². The van der Waals surface area contributed by atoms with E-state index in [9.17, 15) is 0 Å². The largest absolute Gasteiger partial charge is 0.330 e. The molecule has 2 atom stereocenters. The lowest BCUT2D eigenvalue weighted by molar-refractivity contribution is 0.166. The first-order valence-electron chi connectivity index (χ1n) is 6.43. The van der Waals surface area contributed by atoms with Gasteiger partial charge in [-0.2, -0.15) is 11.3 Å². The van der Waals surface area contributed by atoms with Gasteiger partial charge in [0.15, 0.2) is 0 Å². The van der Waals surface area contributed by atoms with Gasteiger partial charge in [-0.25, -0.2) is 0 Å². The van der Waals surface area contributed by atoms with Crippen LogP contribution in [0.15, 0.2) is 15.2 Å². The van der Waals surface area contributed by atoms with Gasteiger partial charge in [0.1, 0.15) is 0 Å². The minimum Gasteiger partial charge on any atom is -0.330 e. The monoisotopic (exact) mass is 316 g/mol. The highest BCUT2D eigenvalue weighted by Crippen LogP contribution is 2.39. The summed E-state index contributed by atoms with van der Waals surface area (Å²) in [5.74, 6) is 0.600. The van der Waals surface area contributed by atoms with E-state index in [0.717, 1.165) is 13.1 Å². The van der Waals surface area contributed by atoms with Crippen LogP contribution in [0.5, 0.6) is 0 Å². The second kappa shape index (κ2) is 6.32. The molecule has 0 bridgehead atoms. The van der Waals surface area contributed by atoms with Crippen molar-refractivity contribution in [3.8, 4) is 0 Å². The number of likely N-dealkylation sites (tertiary alicyclic amines) is 1. The molecule has 0 spiro atoms. The molecule has 1 aromatic heterocycles. The molecule has 2 unspecified atom stereocenters. The normalized spacial score (nSPS) is 27.0. The van der Waals surface area contributed by atoms with Crippen LogP contribution in [0.1, 0.15) is 37.8 Å². The number of hydrogen-bond acceptors (Lipinski definition) is 3. The van der Waals surface area contributed by atoms with Gasteiger partial charge < -0.3 is 5.73 Å². The van der Waals surface area contributed by atoms with Crippen molar-refractivity contribution in [2.24, 2.45) is 11.7 Å². The Morgan fingerprint density at radius 1 is 1.47 bits per heavy atom. The summed E-state index contributed by atoms with van der Waals surface area (Å²) in [5, 5.41) is 4.47. The number of halogens is 1. The van der Waals surface area contributed by atoms with E-state index in [-0.39, 0.29) is 0 Å². The zero-order chi connectivity index (χ0) is 12.3. The van der Waals surface area contributed by atoms with Gasteiger partial charge in [0.2, 0.25) is 0 Å². The Hall–Kier alpha value is 0.100. The Labute approximate surface area is 116 Å². The van der Waals surface area contributed by atoms with Gasteiger partial charge in [-0.15, -0.1) is 0 Å². The van der Waals surface area contributed by atoms with Gasteiger partial charge in [0, 0.05) is 15.9 Å². The minimum absolute atomic E-state index is 0.508. The van der Waals surface area contributed by atoms with E-state index in [1.165, 1.54) is 35.8 Å². The molecule has 1 fully saturated rings. The molecule has 0 saturated carbocycles. The molecule has 0 aromatic carbocycles. The highest BCUT2D eigenvalue weighted by molar-refractivity contribution is 9.10. The third-order valence-electron chi connectivity index (χ3n) is 3.78. The average molecular weight is 317 g/mol. The maximum absolute atomic E-state index is 6.00. The fourth-order valence-electron chi connectivity index (χ4n) is 2.87. The predicted octanol–water partition coefficient (Wildman–Crippen LogP) is 3.63. The summed E-state index contributed by atoms with van der Waals surface area (Å²) in [5.41, 5.74) is 7.44. The fraction of sp³-hybridized carbons (Fsp3) is 0.692. The number of nitrogens with two attached hydrogens (primary N) is 1. The lowest BCUT2D eigenvalue weighted by Gasteiger charge is -2.34. The summed E-state index contributed by atoms with van der Waals surface area (Å²) < 4.78 is 1.26. The van der Waals surface area contributed by atoms with Crippen LogP contribution in [0, 0.1) is 5.92 Å². The molecule has 1 saturated heterocycles. The summed E-state index contributed by atoms with van der Waals surface area (Å²) in [4.78, 5) is 2.59. The third kappa shape index (κ3) is 2.92. The number of hydrogen-bond donors (Lipinski definition) is 1. The summed E-state index contributed by atoms with van der Waals surface area (Å²) in [6.07, 6.45) is 3.89. The van der Waals surface area contributed by atoms with Crippen LogP contribution in [0.4, 0.5) is 0 Å². The molecule has 0 aliphatic carbocycles. The van der Waals surface area contributed by atoms with Crippen molar-refractivity contribution in [2.75, 3.05) is 19.6 Å². The van der Waals surface area contributed by atoms with Crippen molar-refractivity contribution in [3.63, 3.8) is 0 Å². The molecule has 17 heavy (non-hydrogen) atoms. The molecule has 0 amide bonds. The number of rotatable bonds is 3. The Morgan fingerprint density at radius 2 is 2.29 bits per heavy atom. The van der Waals surface area contributed by atoms with Gasteiger partial charge >= 0.3 is 0 Å². The molecule has 2 N–H and O–H groups in total. The van der Waals surface area contributed by atoms with E-state index in [2.05, 4.69) is 38.5 Å². The second-order valence-corrected chi connectivity index (χ2v) is 6.34. The average Bonchev–Trinajstić information content (AvgIpc) is 2.65. The first kappa shape index (κ1) is 13.5. The quantitative estimate of drug-likeness (QED) is 0.922. The Kier molecular flexibility index (Phi) is 5.03. The molecule has 1 aliphatic heterocycles. The summed E-state index contributed by atoms with van der Waals surface area (Å²) in [7, 11) is 0. The molecule has 1 aliphatic rings. The topological polar surface area (TPSA) is 29.3 Å². The van der Waals surface area contributed by atoms with E-state index in [1.54, 1.807) is 11.3 Å². The maximum atomic E-state index is 6.00. The van der Waals surface area contributed by atoms with E-state index >= 15 is 0 Å². The third-order valence-corrected chi connectivity index (χ3v) is 5.53. The summed E-state index contributed by atoms with van der Waals surface area (Å²) in [6, 6.07) is 0.508. The first-order chi connectivity index (χ1) is 8.27. The van der Waals surface area contributed by atoms with Crippen LogP contribution >= 0.6 is 27.3 Å². The molecule has 2 rings (SSSR count). The van der Waals surface area contributed by atoms with Gasteiger partial charge in [-0.3, -0.25) is 4.90 Å². The molecular formula is C13H21BrN2S. The Balaban J connectivity index is 2.31. The molecule has 2 nitrogen and oxygen atoms in total. The van der Waals surface area contributed by atoms with Crippen molar-refractivity contribution in [1.29, 1.82) is 0 Å². The van der Waals surface area contributed by atoms with Crippen molar-refractivity contribution < 1.29 is 0 Å². The zero-order valence-corrected chi connectivity index (χ0v) is 12.8. The molecule has 1 aromatic rings. The Morgan fingerprint density at radius 3 is 2.88 bits per heavy atom. The molecule has 4 heteroatoms. The Bertz CT molecular complexity index is 339. The molecule has 2 heterocycles. The van der Waals surface area contributed by atoms with Crippen LogP contribution in [-0.2, 0) is 0 Å². The SMILES string of the molecule is CCN1CCCCC(CN)C1c1cscc1Br. The van der Waals surface area contributed by atoms with Gasteiger partial charge in [-0.1, -0.05) is 13.3 Å². The van der Waals surface area contributed by atoms with Crippen LogP contribution in [0.3, 0.4) is 0 Å². The lowest BCUT2D eigenvalue weighted by atomic mass is 9.91. The van der Waals surface area contributed by atoms with Crippen molar-refractivity contribution in [3.05, 3.63) is 20.8 Å². The van der Waals surface area contributed by atoms with Gasteiger partial charge in [-0.05, 0) is 65.3 Å². The van der Waals surface area contributed by atoms with Crippen LogP contribution in [-0.4, -0.2) is 24.5 Å². The maximum Gasteiger partial charge on any atom is 0.0407 e. The van der Waals surface area contributed by atoms with E-state index in [4.69, 9.17) is 5.73 Å². The lowest BCUT2D eigenvalue weighted by Crippen LogP contribution is -2.35. The van der Waals surface area contributed by atoms with E-state index in [1.807, 2.05) is 0 Å². The van der Waals surface area contributed by atoms with Crippen LogP contribution < -0.4 is 5.73 Å². The van der Waals surface area contributed by atoms with Gasteiger partial charge in [0.05, 0.1) is 0 Å². The summed E-state index contributed by atoms with van der Waals surface area (Å²) in [6.45, 7) is 5.37. The van der Waals surface area contributed by atoms with Crippen LogP contribution in [0.2, 0.25) is 0 Å². The van der Waals surface area contributed by atoms with Crippen molar-refractivity contribution in [1.82, 2.24) is 4.90 Å². The number of thiophene rings is 1. The van der Waals surface area contributed by atoms with E-state index in [0.29, 0.717) is 12.0 Å². The minimum atomic E-state index is 0.508. The first-order valence-corrected chi connectivity index (χ1v) is 8.17. The van der Waals surface area contributed by atoms with Gasteiger partial charge in [0.25, 0.3) is 0 Å². The van der Waals surface area contributed by atoms with E-state index < -0.39 is 0 Å². The highest BCUT2D eigenvalue weighted by Gasteiger charge is 2.30. The molecule has 96 valence electrons. The molecule has 0 radical (unpaired) electrons. The number of nitrogens with zero attached hydrogens (tertiary/aromatic N) is 1.